The third-order valence-corrected chi connectivity index (χ3v) is 6.65. The zero-order chi connectivity index (χ0) is 18.4. The number of hydrogen-bond donors (Lipinski definition) is 1. The van der Waals surface area contributed by atoms with Crippen molar-refractivity contribution in [3.05, 3.63) is 83.9 Å². The summed E-state index contributed by atoms with van der Waals surface area (Å²) in [4.78, 5) is 0. The lowest BCUT2D eigenvalue weighted by molar-refractivity contribution is -0.108. The van der Waals surface area contributed by atoms with E-state index in [-0.39, 0.29) is 0 Å². The molecule has 0 bridgehead atoms. The van der Waals surface area contributed by atoms with Crippen LogP contribution in [0.1, 0.15) is 24.0 Å². The van der Waals surface area contributed by atoms with Crippen LogP contribution < -0.4 is 0 Å². The molecule has 3 atom stereocenters. The Hall–Kier alpha value is -1.68. The van der Waals surface area contributed by atoms with Crippen LogP contribution in [0, 0.1) is 11.8 Å². The molecule has 3 heteroatoms. The molecular weight excluding hydrogens is 336 g/mol. The molecule has 3 unspecified atom stereocenters. The minimum absolute atomic E-state index is 0.365. The van der Waals surface area contributed by atoms with Crippen molar-refractivity contribution < 1.29 is 9.53 Å². The summed E-state index contributed by atoms with van der Waals surface area (Å²) in [5.41, 5.74) is -0.0989. The van der Waals surface area contributed by atoms with Gasteiger partial charge in [0.2, 0.25) is 0 Å². The van der Waals surface area contributed by atoms with E-state index in [1.807, 2.05) is 60.7 Å². The van der Waals surface area contributed by atoms with Gasteiger partial charge in [-0.15, -0.1) is 0 Å². The molecule has 1 N–H and O–H groups in total. The average Bonchev–Trinajstić information content (AvgIpc) is 3.42. The van der Waals surface area contributed by atoms with Crippen molar-refractivity contribution in [3.8, 4) is 0 Å². The first-order valence-electron chi connectivity index (χ1n) is 9.58. The number of aliphatic hydroxyl groups is 1. The van der Waals surface area contributed by atoms with E-state index in [9.17, 15) is 5.11 Å². The Balaban J connectivity index is 1.97. The number of rotatable bonds is 5. The largest absolute Gasteiger partial charge is 0.405 e. The number of benzene rings is 2. The highest BCUT2D eigenvalue weighted by molar-refractivity contribution is 6.69. The monoisotopic (exact) mass is 364 g/mol. The van der Waals surface area contributed by atoms with Gasteiger partial charge in [-0.25, -0.2) is 0 Å². The van der Waals surface area contributed by atoms with Crippen LogP contribution in [0.2, 0.25) is 19.6 Å². The zero-order valence-corrected chi connectivity index (χ0v) is 16.9. The molecule has 0 aliphatic heterocycles. The fraction of sp³-hybridized carbons (Fsp3) is 0.391. The molecule has 4 rings (SSSR count). The standard InChI is InChI=1S/C23H28O2Si/c1-26(2,3)25-22(16-10-11-18-17-21(18)22)23(24,19-12-6-4-7-13-19)20-14-8-5-9-15-20/h4-10,12-16,18,21,24H,11,17H2,1-3H3. The third kappa shape index (κ3) is 2.79. The average molecular weight is 365 g/mol. The van der Waals surface area contributed by atoms with Gasteiger partial charge in [-0.3, -0.25) is 0 Å². The topological polar surface area (TPSA) is 29.5 Å². The van der Waals surface area contributed by atoms with Gasteiger partial charge in [-0.1, -0.05) is 72.8 Å². The highest BCUT2D eigenvalue weighted by Crippen LogP contribution is 2.61. The molecule has 136 valence electrons. The van der Waals surface area contributed by atoms with Crippen molar-refractivity contribution in [2.75, 3.05) is 0 Å². The van der Waals surface area contributed by atoms with E-state index in [0.717, 1.165) is 24.0 Å². The van der Waals surface area contributed by atoms with Crippen molar-refractivity contribution in [1.29, 1.82) is 0 Å². The van der Waals surface area contributed by atoms with E-state index >= 15 is 0 Å². The van der Waals surface area contributed by atoms with Crippen molar-refractivity contribution in [2.45, 2.75) is 43.7 Å². The Morgan fingerprint density at radius 1 is 0.962 bits per heavy atom. The molecular formula is C23H28O2Si. The zero-order valence-electron chi connectivity index (χ0n) is 15.9. The maximum Gasteiger partial charge on any atom is 0.185 e. The fourth-order valence-electron chi connectivity index (χ4n) is 4.63. The van der Waals surface area contributed by atoms with Crippen molar-refractivity contribution in [2.24, 2.45) is 11.8 Å². The summed E-state index contributed by atoms with van der Waals surface area (Å²) >= 11 is 0. The Morgan fingerprint density at radius 3 is 2.00 bits per heavy atom. The maximum atomic E-state index is 12.4. The van der Waals surface area contributed by atoms with Crippen LogP contribution in [-0.2, 0) is 10.0 Å². The smallest absolute Gasteiger partial charge is 0.185 e. The lowest BCUT2D eigenvalue weighted by atomic mass is 9.68. The molecule has 2 aromatic carbocycles. The first kappa shape index (κ1) is 17.7. The van der Waals surface area contributed by atoms with Gasteiger partial charge in [0.25, 0.3) is 0 Å². The molecule has 2 aromatic rings. The molecule has 0 heterocycles. The molecule has 2 aliphatic rings. The molecule has 26 heavy (non-hydrogen) atoms. The molecule has 0 amide bonds. The van der Waals surface area contributed by atoms with Crippen molar-refractivity contribution >= 4 is 8.32 Å². The molecule has 2 aliphatic carbocycles. The Labute approximate surface area is 157 Å². The van der Waals surface area contributed by atoms with E-state index in [1.165, 1.54) is 0 Å². The van der Waals surface area contributed by atoms with Gasteiger partial charge in [-0.05, 0) is 55.4 Å². The quantitative estimate of drug-likeness (QED) is 0.590. The van der Waals surface area contributed by atoms with Crippen LogP contribution >= 0.6 is 0 Å². The second kappa shape index (κ2) is 6.19. The van der Waals surface area contributed by atoms with Gasteiger partial charge in [0, 0.05) is 0 Å². The third-order valence-electron chi connectivity index (χ3n) is 5.70. The predicted molar refractivity (Wildman–Crippen MR) is 108 cm³/mol. The van der Waals surface area contributed by atoms with Gasteiger partial charge < -0.3 is 9.53 Å². The lowest BCUT2D eigenvalue weighted by Gasteiger charge is -2.50. The van der Waals surface area contributed by atoms with Crippen LogP contribution in [-0.4, -0.2) is 19.0 Å². The van der Waals surface area contributed by atoms with Crippen LogP contribution in [0.5, 0.6) is 0 Å². The molecule has 0 spiro atoms. The molecule has 0 radical (unpaired) electrons. The first-order valence-corrected chi connectivity index (χ1v) is 13.0. The number of fused-ring (bicyclic) bond motifs is 1. The Kier molecular flexibility index (Phi) is 4.22. The first-order chi connectivity index (χ1) is 12.4. The van der Waals surface area contributed by atoms with Gasteiger partial charge >= 0.3 is 0 Å². The number of allylic oxidation sites excluding steroid dienone is 1. The summed E-state index contributed by atoms with van der Waals surface area (Å²) in [6.45, 7) is 6.64. The Morgan fingerprint density at radius 2 is 1.50 bits per heavy atom. The summed E-state index contributed by atoms with van der Waals surface area (Å²) in [5.74, 6) is 0.986. The predicted octanol–water partition coefficient (Wildman–Crippen LogP) is 5.11. The molecule has 1 saturated carbocycles. The van der Waals surface area contributed by atoms with E-state index in [2.05, 4.69) is 31.8 Å². The molecule has 1 fully saturated rings. The summed E-state index contributed by atoms with van der Waals surface area (Å²) in [7, 11) is -1.92. The molecule has 0 saturated heterocycles. The summed E-state index contributed by atoms with van der Waals surface area (Å²) < 4.78 is 6.90. The van der Waals surface area contributed by atoms with Gasteiger partial charge in [0.1, 0.15) is 11.2 Å². The molecule has 2 nitrogen and oxygen atoms in total. The minimum atomic E-state index is -1.92. The highest BCUT2D eigenvalue weighted by atomic mass is 28.4. The number of hydrogen-bond acceptors (Lipinski definition) is 2. The van der Waals surface area contributed by atoms with Crippen molar-refractivity contribution in [3.63, 3.8) is 0 Å². The van der Waals surface area contributed by atoms with Crippen molar-refractivity contribution in [1.82, 2.24) is 0 Å². The van der Waals surface area contributed by atoms with E-state index in [0.29, 0.717) is 11.8 Å². The molecule has 0 aromatic heterocycles. The van der Waals surface area contributed by atoms with Crippen LogP contribution in [0.25, 0.3) is 0 Å². The summed E-state index contributed by atoms with van der Waals surface area (Å²) in [6.07, 6.45) is 6.63. The summed E-state index contributed by atoms with van der Waals surface area (Å²) in [6, 6.07) is 20.1. The second-order valence-corrected chi connectivity index (χ2v) is 13.1. The summed E-state index contributed by atoms with van der Waals surface area (Å²) in [5, 5.41) is 12.4. The highest BCUT2D eigenvalue weighted by Gasteiger charge is 2.65. The van der Waals surface area contributed by atoms with E-state index in [1.54, 1.807) is 0 Å². The maximum absolute atomic E-state index is 12.4. The lowest BCUT2D eigenvalue weighted by Crippen LogP contribution is -2.59. The normalized spacial score (nSPS) is 27.8. The second-order valence-electron chi connectivity index (χ2n) is 8.69. The Bertz CT molecular complexity index is 754. The van der Waals surface area contributed by atoms with Gasteiger partial charge in [0.15, 0.2) is 8.32 Å². The van der Waals surface area contributed by atoms with Crippen LogP contribution in [0.4, 0.5) is 0 Å². The SMILES string of the molecule is C[Si](C)(C)OC1(C(O)(c2ccccc2)c2ccccc2)C=CCC2CC21. The van der Waals surface area contributed by atoms with Gasteiger partial charge in [-0.2, -0.15) is 0 Å². The van der Waals surface area contributed by atoms with E-state index in [4.69, 9.17) is 4.43 Å². The fourth-order valence-corrected chi connectivity index (χ4v) is 6.01. The van der Waals surface area contributed by atoms with Gasteiger partial charge in [0.05, 0.1) is 0 Å². The van der Waals surface area contributed by atoms with Crippen LogP contribution in [0.3, 0.4) is 0 Å². The minimum Gasteiger partial charge on any atom is -0.405 e. The van der Waals surface area contributed by atoms with Crippen LogP contribution in [0.15, 0.2) is 72.8 Å². The van der Waals surface area contributed by atoms with E-state index < -0.39 is 19.5 Å².